The number of carboxylic acids is 1. The Morgan fingerprint density at radius 2 is 1.86 bits per heavy atom. The predicted octanol–water partition coefficient (Wildman–Crippen LogP) is -0.818. The van der Waals surface area contributed by atoms with Crippen LogP contribution in [0.1, 0.15) is 37.0 Å². The molecule has 1 aliphatic rings. The maximum atomic E-state index is 12.7. The average Bonchev–Trinajstić information content (AvgIpc) is 2.44. The zero-order valence-electron chi connectivity index (χ0n) is 13.1. The first-order valence-electron chi connectivity index (χ1n) is 6.74. The number of hydrogen-bond donors (Lipinski definition) is 1. The van der Waals surface area contributed by atoms with Crippen LogP contribution in [0, 0.1) is 5.41 Å². The molecule has 5 heteroatoms. The minimum Gasteiger partial charge on any atom is -0.550 e. The number of carbonyl (C=O) groups is 2. The Morgan fingerprint density at radius 3 is 2.41 bits per heavy atom. The molecule has 1 aliphatic carbocycles. The van der Waals surface area contributed by atoms with Crippen LogP contribution in [0.15, 0.2) is 53.3 Å². The molecule has 1 aromatic rings. The van der Waals surface area contributed by atoms with E-state index in [1.165, 1.54) is 0 Å². The van der Waals surface area contributed by atoms with Crippen LogP contribution in [0.5, 0.6) is 0 Å². The van der Waals surface area contributed by atoms with Crippen molar-refractivity contribution in [3.05, 3.63) is 58.9 Å². The van der Waals surface area contributed by atoms with Crippen molar-refractivity contribution in [3.8, 4) is 0 Å². The fourth-order valence-corrected chi connectivity index (χ4v) is 2.77. The molecule has 0 radical (unpaired) electrons. The van der Waals surface area contributed by atoms with Crippen molar-refractivity contribution in [2.75, 3.05) is 0 Å². The second-order valence-corrected chi connectivity index (χ2v) is 5.64. The van der Waals surface area contributed by atoms with Gasteiger partial charge in [-0.2, -0.15) is 0 Å². The summed E-state index contributed by atoms with van der Waals surface area (Å²) >= 11 is 0. The van der Waals surface area contributed by atoms with Gasteiger partial charge in [0, 0.05) is 18.0 Å². The second-order valence-electron chi connectivity index (χ2n) is 5.64. The van der Waals surface area contributed by atoms with Crippen molar-refractivity contribution < 1.29 is 49.4 Å². The Morgan fingerprint density at radius 1 is 1.27 bits per heavy atom. The van der Waals surface area contributed by atoms with Gasteiger partial charge in [-0.05, 0) is 31.4 Å². The SMILES string of the molecule is CC1=C(O)C(CC(=O)[O-])=CC(C)(C(=O)c2ccccc2)C1.[Na+]. The van der Waals surface area contributed by atoms with Gasteiger partial charge >= 0.3 is 29.6 Å². The number of ketones is 1. The Balaban J connectivity index is 0.00000242. The van der Waals surface area contributed by atoms with E-state index in [9.17, 15) is 19.8 Å². The summed E-state index contributed by atoms with van der Waals surface area (Å²) in [7, 11) is 0. The van der Waals surface area contributed by atoms with E-state index in [0.717, 1.165) is 0 Å². The first kappa shape index (κ1) is 18.7. The number of aliphatic hydroxyl groups excluding tert-OH is 1. The number of aliphatic carboxylic acids is 1. The number of aliphatic hydroxyl groups is 1. The van der Waals surface area contributed by atoms with Gasteiger partial charge in [-0.15, -0.1) is 0 Å². The molecule has 0 fully saturated rings. The summed E-state index contributed by atoms with van der Waals surface area (Å²) in [6.45, 7) is 3.46. The zero-order chi connectivity index (χ0) is 15.6. The molecule has 1 atom stereocenters. The standard InChI is InChI=1S/C17H18O4.Na/c1-11-9-17(2,10-13(15(11)20)8-14(18)19)16(21)12-6-4-3-5-7-12;/h3-7,10,20H,8-9H2,1-2H3,(H,18,19);/q;+1/p-1. The maximum absolute atomic E-state index is 12.7. The van der Waals surface area contributed by atoms with Crippen LogP contribution in [0.4, 0.5) is 0 Å². The summed E-state index contributed by atoms with van der Waals surface area (Å²) in [6.07, 6.45) is 1.52. The molecule has 0 amide bonds. The van der Waals surface area contributed by atoms with E-state index in [-0.39, 0.29) is 46.7 Å². The van der Waals surface area contributed by atoms with Crippen LogP contribution < -0.4 is 34.7 Å². The van der Waals surface area contributed by atoms with Crippen LogP contribution in [-0.4, -0.2) is 16.9 Å². The van der Waals surface area contributed by atoms with E-state index in [4.69, 9.17) is 0 Å². The summed E-state index contributed by atoms with van der Waals surface area (Å²) in [6, 6.07) is 8.85. The largest absolute Gasteiger partial charge is 1.00 e. The molecule has 0 aromatic heterocycles. The minimum absolute atomic E-state index is 0. The molecule has 4 nitrogen and oxygen atoms in total. The van der Waals surface area contributed by atoms with E-state index >= 15 is 0 Å². The first-order chi connectivity index (χ1) is 9.83. The molecule has 1 aromatic carbocycles. The molecule has 110 valence electrons. The van der Waals surface area contributed by atoms with E-state index in [1.54, 1.807) is 44.2 Å². The molecule has 0 aliphatic heterocycles. The number of benzene rings is 1. The van der Waals surface area contributed by atoms with Gasteiger partial charge in [0.25, 0.3) is 0 Å². The third kappa shape index (κ3) is 3.88. The van der Waals surface area contributed by atoms with Crippen molar-refractivity contribution in [3.63, 3.8) is 0 Å². The van der Waals surface area contributed by atoms with Crippen molar-refractivity contribution >= 4 is 11.8 Å². The smallest absolute Gasteiger partial charge is 0.550 e. The molecule has 0 saturated heterocycles. The summed E-state index contributed by atoms with van der Waals surface area (Å²) in [5.74, 6) is -1.42. The first-order valence-corrected chi connectivity index (χ1v) is 6.74. The maximum Gasteiger partial charge on any atom is 1.00 e. The van der Waals surface area contributed by atoms with Crippen LogP contribution in [-0.2, 0) is 4.79 Å². The number of Topliss-reactive ketones (excluding diaryl/α,β-unsaturated/α-hetero) is 1. The second kappa shape index (κ2) is 7.27. The molecule has 22 heavy (non-hydrogen) atoms. The zero-order valence-corrected chi connectivity index (χ0v) is 15.1. The summed E-state index contributed by atoms with van der Waals surface area (Å²) in [5, 5.41) is 20.8. The molecule has 0 saturated carbocycles. The van der Waals surface area contributed by atoms with E-state index in [1.807, 2.05) is 6.07 Å². The van der Waals surface area contributed by atoms with E-state index in [0.29, 0.717) is 17.6 Å². The van der Waals surface area contributed by atoms with Crippen LogP contribution in [0.3, 0.4) is 0 Å². The fraction of sp³-hybridized carbons (Fsp3) is 0.294. The van der Waals surface area contributed by atoms with Crippen molar-refractivity contribution in [1.82, 2.24) is 0 Å². The van der Waals surface area contributed by atoms with Crippen LogP contribution in [0.25, 0.3) is 0 Å². The van der Waals surface area contributed by atoms with Gasteiger partial charge in [0.05, 0.1) is 5.41 Å². The Hall–Kier alpha value is -1.36. The molecule has 0 bridgehead atoms. The number of carbonyl (C=O) groups excluding carboxylic acids is 2. The average molecular weight is 308 g/mol. The van der Waals surface area contributed by atoms with Crippen molar-refractivity contribution in [1.29, 1.82) is 0 Å². The van der Waals surface area contributed by atoms with E-state index in [2.05, 4.69) is 0 Å². The molecular weight excluding hydrogens is 291 g/mol. The Labute approximate surface area is 151 Å². The van der Waals surface area contributed by atoms with Gasteiger partial charge in [0.2, 0.25) is 0 Å². The number of carboxylic acid groups (broad SMARTS) is 1. The van der Waals surface area contributed by atoms with Gasteiger partial charge in [0.15, 0.2) is 5.78 Å². The van der Waals surface area contributed by atoms with Gasteiger partial charge in [-0.25, -0.2) is 0 Å². The predicted molar refractivity (Wildman–Crippen MR) is 76.5 cm³/mol. The molecule has 1 unspecified atom stereocenters. The monoisotopic (exact) mass is 308 g/mol. The minimum atomic E-state index is -1.28. The number of allylic oxidation sites excluding steroid dienone is 3. The van der Waals surface area contributed by atoms with Crippen molar-refractivity contribution in [2.45, 2.75) is 26.7 Å². The molecule has 2 rings (SSSR count). The van der Waals surface area contributed by atoms with Gasteiger partial charge in [-0.3, -0.25) is 4.79 Å². The third-order valence-electron chi connectivity index (χ3n) is 3.72. The van der Waals surface area contributed by atoms with Gasteiger partial charge in [-0.1, -0.05) is 36.4 Å². The number of hydrogen-bond acceptors (Lipinski definition) is 4. The topological polar surface area (TPSA) is 77.4 Å². The molecule has 0 heterocycles. The molecule has 0 spiro atoms. The normalized spacial score (nSPS) is 20.9. The van der Waals surface area contributed by atoms with Gasteiger partial charge in [0.1, 0.15) is 5.76 Å². The summed E-state index contributed by atoms with van der Waals surface area (Å²) in [4.78, 5) is 23.5. The fourth-order valence-electron chi connectivity index (χ4n) is 2.77. The number of rotatable bonds is 4. The summed E-state index contributed by atoms with van der Waals surface area (Å²) < 4.78 is 0. The van der Waals surface area contributed by atoms with Crippen molar-refractivity contribution in [2.24, 2.45) is 5.41 Å². The Bertz CT molecular complexity index is 646. The molecular formula is C17H17NaO4. The van der Waals surface area contributed by atoms with Crippen LogP contribution >= 0.6 is 0 Å². The Kier molecular flexibility index (Phi) is 6.17. The van der Waals surface area contributed by atoms with E-state index < -0.39 is 17.8 Å². The summed E-state index contributed by atoms with van der Waals surface area (Å²) in [5.41, 5.74) is 0.562. The van der Waals surface area contributed by atoms with Crippen LogP contribution in [0.2, 0.25) is 0 Å². The molecule has 1 N–H and O–H groups in total. The van der Waals surface area contributed by atoms with Gasteiger partial charge < -0.3 is 15.0 Å². The third-order valence-corrected chi connectivity index (χ3v) is 3.72. The quantitative estimate of drug-likeness (QED) is 0.582.